The molecular weight excluding hydrogens is 336 g/mol. The maximum Gasteiger partial charge on any atom is 0.278 e. The number of quaternary nitrogens is 1. The summed E-state index contributed by atoms with van der Waals surface area (Å²) >= 11 is 0. The van der Waals surface area contributed by atoms with Gasteiger partial charge in [0, 0.05) is 13.0 Å². The Hall–Kier alpha value is -2.59. The lowest BCUT2D eigenvalue weighted by atomic mass is 9.99. The number of rotatable bonds is 7. The van der Waals surface area contributed by atoms with Crippen LogP contribution in [0.5, 0.6) is 5.75 Å². The summed E-state index contributed by atoms with van der Waals surface area (Å²) in [6, 6.07) is 18.5. The Morgan fingerprint density at radius 1 is 1.15 bits per heavy atom. The van der Waals surface area contributed by atoms with Gasteiger partial charge < -0.3 is 15.0 Å². The second-order valence-electron chi connectivity index (χ2n) is 7.07. The van der Waals surface area contributed by atoms with Crippen molar-refractivity contribution < 1.29 is 14.4 Å². The Morgan fingerprint density at radius 3 is 2.52 bits per heavy atom. The second kappa shape index (κ2) is 9.38. The smallest absolute Gasteiger partial charge is 0.278 e. The van der Waals surface area contributed by atoms with E-state index in [0.717, 1.165) is 31.7 Å². The highest BCUT2D eigenvalue weighted by Crippen LogP contribution is 2.17. The van der Waals surface area contributed by atoms with Crippen molar-refractivity contribution in [1.82, 2.24) is 5.32 Å². The lowest BCUT2D eigenvalue weighted by molar-refractivity contribution is -0.909. The second-order valence-corrected chi connectivity index (χ2v) is 7.07. The molecule has 0 saturated carbocycles. The van der Waals surface area contributed by atoms with Gasteiger partial charge in [-0.25, -0.2) is 0 Å². The maximum absolute atomic E-state index is 12.5. The van der Waals surface area contributed by atoms with Crippen LogP contribution in [0.1, 0.15) is 24.5 Å². The Balaban J connectivity index is 1.45. The normalized spacial score (nSPS) is 17.7. The van der Waals surface area contributed by atoms with Crippen LogP contribution in [0.4, 0.5) is 0 Å². The monoisotopic (exact) mass is 365 g/mol. The molecule has 0 bridgehead atoms. The minimum Gasteiger partial charge on any atom is -0.497 e. The first-order valence-electron chi connectivity index (χ1n) is 9.67. The topological polar surface area (TPSA) is 42.8 Å². The minimum atomic E-state index is -0.0329. The minimum absolute atomic E-state index is 0.0329. The van der Waals surface area contributed by atoms with E-state index in [2.05, 4.69) is 35.7 Å². The molecule has 0 fully saturated rings. The first-order chi connectivity index (χ1) is 13.2. The van der Waals surface area contributed by atoms with Gasteiger partial charge in [0.25, 0.3) is 5.91 Å². The molecule has 4 heteroatoms. The third-order valence-electron chi connectivity index (χ3n) is 5.35. The Morgan fingerprint density at radius 2 is 1.89 bits per heavy atom. The van der Waals surface area contributed by atoms with Crippen LogP contribution in [0.25, 0.3) is 5.57 Å². The van der Waals surface area contributed by atoms with Gasteiger partial charge in [0.15, 0.2) is 6.04 Å². The number of benzene rings is 2. The van der Waals surface area contributed by atoms with Crippen LogP contribution in [0, 0.1) is 0 Å². The van der Waals surface area contributed by atoms with Crippen molar-refractivity contribution in [2.24, 2.45) is 0 Å². The average Bonchev–Trinajstić information content (AvgIpc) is 2.74. The highest BCUT2D eigenvalue weighted by atomic mass is 16.5. The highest BCUT2D eigenvalue weighted by molar-refractivity contribution is 5.80. The molecule has 2 aromatic rings. The molecular formula is C23H29N2O2+. The van der Waals surface area contributed by atoms with Crippen molar-refractivity contribution in [2.45, 2.75) is 25.8 Å². The van der Waals surface area contributed by atoms with Crippen molar-refractivity contribution in [3.8, 4) is 5.75 Å². The van der Waals surface area contributed by atoms with Gasteiger partial charge in [0.1, 0.15) is 5.75 Å². The molecule has 142 valence electrons. The van der Waals surface area contributed by atoms with E-state index >= 15 is 0 Å². The van der Waals surface area contributed by atoms with Crippen LogP contribution >= 0.6 is 0 Å². The molecule has 4 nitrogen and oxygen atoms in total. The third kappa shape index (κ3) is 5.20. The molecule has 2 atom stereocenters. The number of hydrogen-bond acceptors (Lipinski definition) is 2. The first kappa shape index (κ1) is 19.2. The zero-order chi connectivity index (χ0) is 19.1. The summed E-state index contributed by atoms with van der Waals surface area (Å²) < 4.78 is 5.17. The van der Waals surface area contributed by atoms with Crippen LogP contribution in [-0.2, 0) is 11.2 Å². The van der Waals surface area contributed by atoms with E-state index in [1.807, 2.05) is 37.3 Å². The molecule has 27 heavy (non-hydrogen) atoms. The van der Waals surface area contributed by atoms with Gasteiger partial charge in [-0.2, -0.15) is 0 Å². The Kier molecular flexibility index (Phi) is 6.66. The van der Waals surface area contributed by atoms with Crippen LogP contribution < -0.4 is 15.0 Å². The molecule has 0 radical (unpaired) electrons. The number of hydrogen-bond donors (Lipinski definition) is 2. The average molecular weight is 365 g/mol. The maximum atomic E-state index is 12.5. The summed E-state index contributed by atoms with van der Waals surface area (Å²) in [4.78, 5) is 13.8. The molecule has 2 N–H and O–H groups in total. The lowest BCUT2D eigenvalue weighted by Gasteiger charge is -2.28. The summed E-state index contributed by atoms with van der Waals surface area (Å²) in [6.07, 6.45) is 4.13. The molecule has 0 aromatic heterocycles. The summed E-state index contributed by atoms with van der Waals surface area (Å²) in [5.74, 6) is 0.989. The quantitative estimate of drug-likeness (QED) is 0.789. The lowest BCUT2D eigenvalue weighted by Crippen LogP contribution is -3.17. The van der Waals surface area contributed by atoms with Gasteiger partial charge in [-0.1, -0.05) is 42.5 Å². The predicted octanol–water partition coefficient (Wildman–Crippen LogP) is 2.11. The van der Waals surface area contributed by atoms with E-state index in [-0.39, 0.29) is 11.9 Å². The van der Waals surface area contributed by atoms with Gasteiger partial charge >= 0.3 is 0 Å². The van der Waals surface area contributed by atoms with Gasteiger partial charge in [0.2, 0.25) is 0 Å². The standard InChI is InChI=1S/C23H28N2O2/c1-18(23(26)24-15-12-19-8-10-22(27-2)11-9-19)25-16-13-21(14-17-25)20-6-4-3-5-7-20/h3-11,13,18H,12,14-17H2,1-2H3,(H,24,26)/p+1/t18-/m0/s1. The molecule has 3 rings (SSSR count). The molecule has 1 unspecified atom stereocenters. The van der Waals surface area contributed by atoms with E-state index in [4.69, 9.17) is 4.74 Å². The van der Waals surface area contributed by atoms with E-state index in [0.29, 0.717) is 6.54 Å². The molecule has 2 aromatic carbocycles. The molecule has 0 spiro atoms. The number of methoxy groups -OCH3 is 1. The number of carbonyl (C=O) groups is 1. The van der Waals surface area contributed by atoms with Crippen molar-refractivity contribution in [2.75, 3.05) is 26.7 Å². The Bertz CT molecular complexity index is 769. The summed E-state index contributed by atoms with van der Waals surface area (Å²) in [6.45, 7) is 4.58. The number of nitrogens with one attached hydrogen (secondary N) is 2. The van der Waals surface area contributed by atoms with E-state index in [9.17, 15) is 4.79 Å². The van der Waals surface area contributed by atoms with Crippen molar-refractivity contribution in [1.29, 1.82) is 0 Å². The van der Waals surface area contributed by atoms with Crippen LogP contribution in [0.3, 0.4) is 0 Å². The van der Waals surface area contributed by atoms with E-state index in [1.54, 1.807) is 7.11 Å². The van der Waals surface area contributed by atoms with E-state index < -0.39 is 0 Å². The molecule has 0 aliphatic carbocycles. The summed E-state index contributed by atoms with van der Waals surface area (Å²) in [5.41, 5.74) is 3.89. The number of ether oxygens (including phenoxy) is 1. The zero-order valence-electron chi connectivity index (χ0n) is 16.2. The summed E-state index contributed by atoms with van der Waals surface area (Å²) in [5, 5.41) is 3.09. The van der Waals surface area contributed by atoms with Crippen molar-refractivity contribution >= 4 is 11.5 Å². The van der Waals surface area contributed by atoms with Gasteiger partial charge in [-0.3, -0.25) is 4.79 Å². The van der Waals surface area contributed by atoms with Crippen molar-refractivity contribution in [3.63, 3.8) is 0 Å². The Labute approximate surface area is 161 Å². The van der Waals surface area contributed by atoms with Crippen molar-refractivity contribution in [3.05, 3.63) is 71.8 Å². The molecule has 1 amide bonds. The largest absolute Gasteiger partial charge is 0.497 e. The molecule has 1 aliphatic rings. The molecule has 0 saturated heterocycles. The fourth-order valence-electron chi connectivity index (χ4n) is 3.52. The predicted molar refractivity (Wildman–Crippen MR) is 109 cm³/mol. The fourth-order valence-corrected chi connectivity index (χ4v) is 3.52. The van der Waals surface area contributed by atoms with Crippen LogP contribution in [-0.4, -0.2) is 38.7 Å². The van der Waals surface area contributed by atoms with Crippen LogP contribution in [0.15, 0.2) is 60.7 Å². The third-order valence-corrected chi connectivity index (χ3v) is 5.35. The zero-order valence-corrected chi connectivity index (χ0v) is 16.2. The summed E-state index contributed by atoms with van der Waals surface area (Å²) in [7, 11) is 1.66. The van der Waals surface area contributed by atoms with E-state index in [1.165, 1.54) is 21.6 Å². The molecule has 1 heterocycles. The van der Waals surface area contributed by atoms with Gasteiger partial charge in [-0.15, -0.1) is 0 Å². The molecule has 1 aliphatic heterocycles. The highest BCUT2D eigenvalue weighted by Gasteiger charge is 2.26. The number of amides is 1. The SMILES string of the molecule is COc1ccc(CCNC(=O)[C@H](C)[NH+]2CC=C(c3ccccc3)CC2)cc1. The van der Waals surface area contributed by atoms with Crippen LogP contribution in [0.2, 0.25) is 0 Å². The van der Waals surface area contributed by atoms with Gasteiger partial charge in [-0.05, 0) is 48.3 Å². The van der Waals surface area contributed by atoms with Gasteiger partial charge in [0.05, 0.1) is 20.2 Å². The first-order valence-corrected chi connectivity index (χ1v) is 9.67. The number of carbonyl (C=O) groups excluding carboxylic acids is 1. The fraction of sp³-hybridized carbons (Fsp3) is 0.348.